The van der Waals surface area contributed by atoms with Crippen LogP contribution in [0.5, 0.6) is 0 Å². The molecular formula is C15H15N3O2. The van der Waals surface area contributed by atoms with Gasteiger partial charge in [0.15, 0.2) is 0 Å². The Morgan fingerprint density at radius 2 is 2.35 bits per heavy atom. The quantitative estimate of drug-likeness (QED) is 0.828. The van der Waals surface area contributed by atoms with Crippen molar-refractivity contribution in [3.63, 3.8) is 0 Å². The molecule has 0 atom stereocenters. The van der Waals surface area contributed by atoms with Crippen LogP contribution in [0.15, 0.2) is 36.7 Å². The molecule has 0 aliphatic heterocycles. The number of aryl methyl sites for hydroxylation is 1. The van der Waals surface area contributed by atoms with Crippen LogP contribution in [0, 0.1) is 11.8 Å². The topological polar surface area (TPSA) is 67.2 Å². The first kappa shape index (κ1) is 13.8. The lowest BCUT2D eigenvalue weighted by molar-refractivity contribution is 0.102. The summed E-state index contributed by atoms with van der Waals surface area (Å²) >= 11 is 0. The Morgan fingerprint density at radius 1 is 1.50 bits per heavy atom. The van der Waals surface area contributed by atoms with Crippen molar-refractivity contribution in [1.82, 2.24) is 9.78 Å². The Bertz CT molecular complexity index is 665. The lowest BCUT2D eigenvalue weighted by atomic mass is 10.2. The minimum atomic E-state index is -0.210. The number of aliphatic hydroxyl groups excluding tert-OH is 1. The number of nitrogens with zero attached hydrogens (tertiary/aromatic N) is 2. The third-order valence-corrected chi connectivity index (χ3v) is 2.56. The maximum Gasteiger partial charge on any atom is 0.258 e. The van der Waals surface area contributed by atoms with Gasteiger partial charge in [0, 0.05) is 30.9 Å². The van der Waals surface area contributed by atoms with Gasteiger partial charge in [-0.3, -0.25) is 9.48 Å². The number of nitrogens with one attached hydrogen (secondary N) is 1. The number of carbonyl (C=O) groups excluding carboxylic acids is 1. The van der Waals surface area contributed by atoms with Crippen molar-refractivity contribution in [2.45, 2.75) is 6.42 Å². The van der Waals surface area contributed by atoms with E-state index >= 15 is 0 Å². The molecule has 0 saturated carbocycles. The summed E-state index contributed by atoms with van der Waals surface area (Å²) in [6, 6.07) is 7.26. The monoisotopic (exact) mass is 269 g/mol. The van der Waals surface area contributed by atoms with E-state index in [1.807, 2.05) is 12.1 Å². The van der Waals surface area contributed by atoms with Crippen LogP contribution in [0.3, 0.4) is 0 Å². The van der Waals surface area contributed by atoms with Crippen molar-refractivity contribution in [3.8, 4) is 11.8 Å². The molecule has 0 saturated heterocycles. The van der Waals surface area contributed by atoms with Crippen LogP contribution in [0.25, 0.3) is 0 Å². The molecule has 2 rings (SSSR count). The summed E-state index contributed by atoms with van der Waals surface area (Å²) in [6.07, 6.45) is 3.60. The fourth-order valence-corrected chi connectivity index (χ4v) is 1.64. The van der Waals surface area contributed by atoms with Crippen LogP contribution < -0.4 is 5.32 Å². The molecule has 1 aromatic carbocycles. The number of aliphatic hydroxyl groups is 1. The fraction of sp³-hybridized carbons (Fsp3) is 0.200. The highest BCUT2D eigenvalue weighted by Gasteiger charge is 2.07. The second-order valence-electron chi connectivity index (χ2n) is 4.21. The predicted octanol–water partition coefficient (Wildman–Crippen LogP) is 1.41. The van der Waals surface area contributed by atoms with E-state index in [0.29, 0.717) is 17.7 Å². The number of carbonyl (C=O) groups is 1. The second kappa shape index (κ2) is 6.55. The van der Waals surface area contributed by atoms with Gasteiger partial charge in [-0.05, 0) is 18.2 Å². The van der Waals surface area contributed by atoms with E-state index in [0.717, 1.165) is 5.56 Å². The summed E-state index contributed by atoms with van der Waals surface area (Å²) in [6.45, 7) is 0.0461. The van der Waals surface area contributed by atoms with Crippen molar-refractivity contribution in [2.24, 2.45) is 7.05 Å². The molecular weight excluding hydrogens is 254 g/mol. The molecule has 0 spiro atoms. The van der Waals surface area contributed by atoms with E-state index < -0.39 is 0 Å². The Hall–Kier alpha value is -2.58. The molecule has 0 aliphatic rings. The molecule has 2 N–H and O–H groups in total. The molecule has 102 valence electrons. The van der Waals surface area contributed by atoms with Crippen LogP contribution in [-0.4, -0.2) is 27.4 Å². The second-order valence-corrected chi connectivity index (χ2v) is 4.21. The molecule has 0 fully saturated rings. The lowest BCUT2D eigenvalue weighted by Crippen LogP contribution is -2.11. The molecule has 1 aromatic heterocycles. The van der Waals surface area contributed by atoms with Crippen LogP contribution in [-0.2, 0) is 7.05 Å². The van der Waals surface area contributed by atoms with E-state index in [1.54, 1.807) is 30.1 Å². The average molecular weight is 269 g/mol. The van der Waals surface area contributed by atoms with Crippen molar-refractivity contribution >= 4 is 11.6 Å². The summed E-state index contributed by atoms with van der Waals surface area (Å²) in [7, 11) is 1.76. The molecule has 0 radical (unpaired) electrons. The molecule has 0 unspecified atom stereocenters. The molecule has 5 heteroatoms. The van der Waals surface area contributed by atoms with Gasteiger partial charge in [-0.25, -0.2) is 0 Å². The third-order valence-electron chi connectivity index (χ3n) is 2.56. The van der Waals surface area contributed by atoms with Gasteiger partial charge in [0.25, 0.3) is 5.91 Å². The van der Waals surface area contributed by atoms with Crippen LogP contribution in [0.2, 0.25) is 0 Å². The van der Waals surface area contributed by atoms with Gasteiger partial charge in [0.1, 0.15) is 0 Å². The number of benzene rings is 1. The summed E-state index contributed by atoms with van der Waals surface area (Å²) in [4.78, 5) is 12.0. The Labute approximate surface area is 117 Å². The minimum absolute atomic E-state index is 0.0461. The Morgan fingerprint density at radius 3 is 3.05 bits per heavy atom. The number of rotatable bonds is 3. The Kier molecular flexibility index (Phi) is 4.53. The van der Waals surface area contributed by atoms with Crippen molar-refractivity contribution in [1.29, 1.82) is 0 Å². The fourth-order valence-electron chi connectivity index (χ4n) is 1.64. The SMILES string of the molecule is Cn1cc(C(=O)Nc2cccc(C#CCCO)c2)cn1. The van der Waals surface area contributed by atoms with Gasteiger partial charge in [0.05, 0.1) is 18.4 Å². The highest BCUT2D eigenvalue weighted by molar-refractivity contribution is 6.03. The molecule has 5 nitrogen and oxygen atoms in total. The van der Waals surface area contributed by atoms with Crippen LogP contribution >= 0.6 is 0 Å². The van der Waals surface area contributed by atoms with E-state index in [1.165, 1.54) is 6.20 Å². The van der Waals surface area contributed by atoms with E-state index in [4.69, 9.17) is 5.11 Å². The zero-order valence-corrected chi connectivity index (χ0v) is 11.1. The summed E-state index contributed by atoms with van der Waals surface area (Å²) < 4.78 is 1.58. The maximum atomic E-state index is 12.0. The smallest absolute Gasteiger partial charge is 0.258 e. The normalized spacial score (nSPS) is 9.70. The summed E-state index contributed by atoms with van der Waals surface area (Å²) in [5.74, 6) is 5.56. The standard InChI is InChI=1S/C15H15N3O2/c1-18-11-13(10-16-18)15(20)17-14-7-4-6-12(9-14)5-2-3-8-19/h4,6-7,9-11,19H,3,8H2,1H3,(H,17,20). The molecule has 0 bridgehead atoms. The highest BCUT2D eigenvalue weighted by Crippen LogP contribution is 2.11. The van der Waals surface area contributed by atoms with Crippen LogP contribution in [0.1, 0.15) is 22.3 Å². The molecule has 1 heterocycles. The minimum Gasteiger partial charge on any atom is -0.395 e. The van der Waals surface area contributed by atoms with Gasteiger partial charge >= 0.3 is 0 Å². The lowest BCUT2D eigenvalue weighted by Gasteiger charge is -2.03. The zero-order chi connectivity index (χ0) is 14.4. The number of hydrogen-bond donors (Lipinski definition) is 2. The number of aromatic nitrogens is 2. The molecule has 2 aromatic rings. The van der Waals surface area contributed by atoms with E-state index in [2.05, 4.69) is 22.3 Å². The largest absolute Gasteiger partial charge is 0.395 e. The number of anilines is 1. The average Bonchev–Trinajstić information content (AvgIpc) is 2.86. The third kappa shape index (κ3) is 3.70. The molecule has 0 aliphatic carbocycles. The van der Waals surface area contributed by atoms with E-state index in [-0.39, 0.29) is 12.5 Å². The molecule has 1 amide bonds. The number of amides is 1. The van der Waals surface area contributed by atoms with Crippen molar-refractivity contribution in [2.75, 3.05) is 11.9 Å². The van der Waals surface area contributed by atoms with Crippen molar-refractivity contribution in [3.05, 3.63) is 47.8 Å². The summed E-state index contributed by atoms with van der Waals surface area (Å²) in [5.41, 5.74) is 1.97. The summed E-state index contributed by atoms with van der Waals surface area (Å²) in [5, 5.41) is 15.4. The first-order chi connectivity index (χ1) is 9.69. The van der Waals surface area contributed by atoms with Gasteiger partial charge in [0.2, 0.25) is 0 Å². The number of hydrogen-bond acceptors (Lipinski definition) is 3. The van der Waals surface area contributed by atoms with Gasteiger partial charge in [-0.15, -0.1) is 0 Å². The Balaban J connectivity index is 2.08. The molecule has 20 heavy (non-hydrogen) atoms. The highest BCUT2D eigenvalue weighted by atomic mass is 16.2. The first-order valence-corrected chi connectivity index (χ1v) is 6.19. The predicted molar refractivity (Wildman–Crippen MR) is 76.2 cm³/mol. The van der Waals surface area contributed by atoms with E-state index in [9.17, 15) is 4.79 Å². The first-order valence-electron chi connectivity index (χ1n) is 6.19. The van der Waals surface area contributed by atoms with Gasteiger partial charge in [-0.1, -0.05) is 17.9 Å². The maximum absolute atomic E-state index is 12.0. The zero-order valence-electron chi connectivity index (χ0n) is 11.1. The van der Waals surface area contributed by atoms with Gasteiger partial charge < -0.3 is 10.4 Å². The van der Waals surface area contributed by atoms with Gasteiger partial charge in [-0.2, -0.15) is 5.10 Å². The van der Waals surface area contributed by atoms with Crippen LogP contribution in [0.4, 0.5) is 5.69 Å². The van der Waals surface area contributed by atoms with Crippen molar-refractivity contribution < 1.29 is 9.90 Å².